The Balaban J connectivity index is 2.64. The van der Waals surface area contributed by atoms with E-state index in [1.165, 1.54) is 6.08 Å². The third-order valence-electron chi connectivity index (χ3n) is 3.38. The molecule has 0 aliphatic rings. The summed E-state index contributed by atoms with van der Waals surface area (Å²) in [6, 6.07) is 7.48. The SMILES string of the molecule is CCOC(=O)CCN(CCOC)C(=O)/C=C/c1ccc(OCC)cc1. The van der Waals surface area contributed by atoms with Crippen molar-refractivity contribution in [2.24, 2.45) is 0 Å². The topological polar surface area (TPSA) is 65.1 Å². The molecule has 1 aromatic rings. The van der Waals surface area contributed by atoms with Crippen LogP contribution in [0, 0.1) is 0 Å². The molecule has 0 heterocycles. The van der Waals surface area contributed by atoms with Crippen molar-refractivity contribution in [1.82, 2.24) is 4.90 Å². The van der Waals surface area contributed by atoms with Gasteiger partial charge in [0.25, 0.3) is 0 Å². The van der Waals surface area contributed by atoms with Crippen molar-refractivity contribution in [2.45, 2.75) is 20.3 Å². The van der Waals surface area contributed by atoms with Crippen LogP contribution in [0.2, 0.25) is 0 Å². The predicted molar refractivity (Wildman–Crippen MR) is 96.4 cm³/mol. The fourth-order valence-corrected chi connectivity index (χ4v) is 2.11. The van der Waals surface area contributed by atoms with E-state index in [9.17, 15) is 9.59 Å². The first-order valence-electron chi connectivity index (χ1n) is 8.45. The van der Waals surface area contributed by atoms with E-state index in [-0.39, 0.29) is 18.3 Å². The second-order valence-corrected chi connectivity index (χ2v) is 5.21. The summed E-state index contributed by atoms with van der Waals surface area (Å²) >= 11 is 0. The summed E-state index contributed by atoms with van der Waals surface area (Å²) in [4.78, 5) is 25.4. The third-order valence-corrected chi connectivity index (χ3v) is 3.38. The zero-order valence-corrected chi connectivity index (χ0v) is 15.2. The molecule has 138 valence electrons. The highest BCUT2D eigenvalue weighted by atomic mass is 16.5. The lowest BCUT2D eigenvalue weighted by Crippen LogP contribution is -2.34. The summed E-state index contributed by atoms with van der Waals surface area (Å²) in [6.07, 6.45) is 3.40. The number of rotatable bonds is 11. The lowest BCUT2D eigenvalue weighted by atomic mass is 10.2. The summed E-state index contributed by atoms with van der Waals surface area (Å²) in [6.45, 7) is 5.76. The molecule has 0 fully saturated rings. The van der Waals surface area contributed by atoms with Gasteiger partial charge >= 0.3 is 5.97 Å². The van der Waals surface area contributed by atoms with E-state index in [4.69, 9.17) is 14.2 Å². The van der Waals surface area contributed by atoms with E-state index >= 15 is 0 Å². The first-order chi connectivity index (χ1) is 12.1. The van der Waals surface area contributed by atoms with E-state index in [0.717, 1.165) is 11.3 Å². The van der Waals surface area contributed by atoms with Crippen molar-refractivity contribution in [3.8, 4) is 5.75 Å². The van der Waals surface area contributed by atoms with Crippen molar-refractivity contribution in [2.75, 3.05) is 40.0 Å². The Hall–Kier alpha value is -2.34. The van der Waals surface area contributed by atoms with Crippen LogP contribution in [0.4, 0.5) is 0 Å². The number of benzene rings is 1. The molecular weight excluding hydrogens is 322 g/mol. The van der Waals surface area contributed by atoms with E-state index in [1.807, 2.05) is 31.2 Å². The van der Waals surface area contributed by atoms with Gasteiger partial charge in [0.1, 0.15) is 5.75 Å². The van der Waals surface area contributed by atoms with Gasteiger partial charge in [0, 0.05) is 26.3 Å². The molecule has 0 radical (unpaired) electrons. The van der Waals surface area contributed by atoms with E-state index in [1.54, 1.807) is 25.0 Å². The molecule has 1 amide bonds. The minimum Gasteiger partial charge on any atom is -0.494 e. The van der Waals surface area contributed by atoms with Gasteiger partial charge in [-0.05, 0) is 37.6 Å². The van der Waals surface area contributed by atoms with Gasteiger partial charge in [0.15, 0.2) is 0 Å². The van der Waals surface area contributed by atoms with Crippen molar-refractivity contribution < 1.29 is 23.8 Å². The van der Waals surface area contributed by atoms with Gasteiger partial charge in [0.2, 0.25) is 5.91 Å². The van der Waals surface area contributed by atoms with Gasteiger partial charge in [0.05, 0.1) is 26.2 Å². The molecule has 0 N–H and O–H groups in total. The number of methoxy groups -OCH3 is 1. The fourth-order valence-electron chi connectivity index (χ4n) is 2.11. The van der Waals surface area contributed by atoms with Gasteiger partial charge in [-0.3, -0.25) is 9.59 Å². The van der Waals surface area contributed by atoms with Crippen molar-refractivity contribution in [1.29, 1.82) is 0 Å². The normalized spacial score (nSPS) is 10.7. The predicted octanol–water partition coefficient (Wildman–Crippen LogP) is 2.53. The van der Waals surface area contributed by atoms with E-state index in [2.05, 4.69) is 0 Å². The van der Waals surface area contributed by atoms with Crippen molar-refractivity contribution in [3.63, 3.8) is 0 Å². The van der Waals surface area contributed by atoms with Crippen LogP contribution in [0.3, 0.4) is 0 Å². The molecule has 1 aromatic carbocycles. The maximum atomic E-state index is 12.4. The molecule has 0 aliphatic carbocycles. The zero-order chi connectivity index (χ0) is 18.5. The highest BCUT2D eigenvalue weighted by molar-refractivity contribution is 5.92. The highest BCUT2D eigenvalue weighted by Gasteiger charge is 2.13. The van der Waals surface area contributed by atoms with Crippen LogP contribution in [0.1, 0.15) is 25.8 Å². The van der Waals surface area contributed by atoms with E-state index < -0.39 is 0 Å². The number of nitrogens with zero attached hydrogens (tertiary/aromatic N) is 1. The molecule has 6 nitrogen and oxygen atoms in total. The van der Waals surface area contributed by atoms with Gasteiger partial charge in [-0.1, -0.05) is 12.1 Å². The molecule has 0 atom stereocenters. The standard InChI is InChI=1S/C19H27NO5/c1-4-24-17-9-6-16(7-10-17)8-11-18(21)20(14-15-23-3)13-12-19(22)25-5-2/h6-11H,4-5,12-15H2,1-3H3/b11-8+. The number of carbonyl (C=O) groups excluding carboxylic acids is 2. The number of hydrogen-bond donors (Lipinski definition) is 0. The van der Waals surface area contributed by atoms with Crippen molar-refractivity contribution in [3.05, 3.63) is 35.9 Å². The average molecular weight is 349 g/mol. The molecule has 0 saturated heterocycles. The monoisotopic (exact) mass is 349 g/mol. The molecule has 25 heavy (non-hydrogen) atoms. The van der Waals surface area contributed by atoms with Crippen LogP contribution in [-0.2, 0) is 19.1 Å². The Morgan fingerprint density at radius 3 is 2.40 bits per heavy atom. The Morgan fingerprint density at radius 2 is 1.80 bits per heavy atom. The van der Waals surface area contributed by atoms with Crippen LogP contribution < -0.4 is 4.74 Å². The first kappa shape index (κ1) is 20.7. The van der Waals surface area contributed by atoms with Gasteiger partial charge in [-0.25, -0.2) is 0 Å². The number of esters is 1. The molecule has 0 spiro atoms. The molecule has 0 bridgehead atoms. The number of ether oxygens (including phenoxy) is 3. The molecule has 0 unspecified atom stereocenters. The van der Waals surface area contributed by atoms with E-state index in [0.29, 0.717) is 32.9 Å². The Morgan fingerprint density at radius 1 is 1.08 bits per heavy atom. The molecule has 0 aromatic heterocycles. The Bertz CT molecular complexity index is 553. The first-order valence-corrected chi connectivity index (χ1v) is 8.45. The Labute approximate surface area is 149 Å². The minimum absolute atomic E-state index is 0.167. The second-order valence-electron chi connectivity index (χ2n) is 5.21. The highest BCUT2D eigenvalue weighted by Crippen LogP contribution is 2.13. The number of carbonyl (C=O) groups is 2. The van der Waals surface area contributed by atoms with Crippen LogP contribution >= 0.6 is 0 Å². The smallest absolute Gasteiger partial charge is 0.307 e. The Kier molecular flexibility index (Phi) is 10.0. The lowest BCUT2D eigenvalue weighted by Gasteiger charge is -2.20. The van der Waals surface area contributed by atoms with Crippen LogP contribution in [-0.4, -0.2) is 56.8 Å². The van der Waals surface area contributed by atoms with Gasteiger partial charge in [-0.15, -0.1) is 0 Å². The third kappa shape index (κ3) is 8.35. The van der Waals surface area contributed by atoms with Gasteiger partial charge in [-0.2, -0.15) is 0 Å². The molecule has 6 heteroatoms. The summed E-state index contributed by atoms with van der Waals surface area (Å²) < 4.78 is 15.3. The summed E-state index contributed by atoms with van der Waals surface area (Å²) in [5.74, 6) is 0.311. The van der Waals surface area contributed by atoms with Crippen LogP contribution in [0.25, 0.3) is 6.08 Å². The minimum atomic E-state index is -0.312. The molecule has 0 saturated carbocycles. The number of amides is 1. The summed E-state index contributed by atoms with van der Waals surface area (Å²) in [5, 5.41) is 0. The summed E-state index contributed by atoms with van der Waals surface area (Å²) in [7, 11) is 1.57. The van der Waals surface area contributed by atoms with Gasteiger partial charge < -0.3 is 19.1 Å². The molecular formula is C19H27NO5. The number of hydrogen-bond acceptors (Lipinski definition) is 5. The van der Waals surface area contributed by atoms with Crippen molar-refractivity contribution >= 4 is 18.0 Å². The van der Waals surface area contributed by atoms with Crippen LogP contribution in [0.15, 0.2) is 30.3 Å². The maximum Gasteiger partial charge on any atom is 0.307 e. The average Bonchev–Trinajstić information content (AvgIpc) is 2.61. The lowest BCUT2D eigenvalue weighted by molar-refractivity contribution is -0.143. The quantitative estimate of drug-likeness (QED) is 0.454. The second kappa shape index (κ2) is 12.1. The van der Waals surface area contributed by atoms with Crippen LogP contribution in [0.5, 0.6) is 5.75 Å². The zero-order valence-electron chi connectivity index (χ0n) is 15.2. The largest absolute Gasteiger partial charge is 0.494 e. The fraction of sp³-hybridized carbons (Fsp3) is 0.474. The molecule has 1 rings (SSSR count). The summed E-state index contributed by atoms with van der Waals surface area (Å²) in [5.41, 5.74) is 0.897. The molecule has 0 aliphatic heterocycles. The maximum absolute atomic E-state index is 12.4.